The molecule has 2 heterocycles. The van der Waals surface area contributed by atoms with Gasteiger partial charge in [0, 0.05) is 18.3 Å². The Morgan fingerprint density at radius 1 is 0.963 bits per heavy atom. The Kier molecular flexibility index (Phi) is 4.68. The van der Waals surface area contributed by atoms with Gasteiger partial charge >= 0.3 is 0 Å². The monoisotopic (exact) mass is 393 g/mol. The molecule has 2 aromatic carbocycles. The first kappa shape index (κ1) is 18.4. The van der Waals surface area contributed by atoms with E-state index >= 15 is 0 Å². The van der Waals surface area contributed by atoms with Crippen LogP contribution in [0.2, 0.25) is 0 Å². The molecule has 2 aliphatic heterocycles. The van der Waals surface area contributed by atoms with Gasteiger partial charge < -0.3 is 10.1 Å². The van der Waals surface area contributed by atoms with Gasteiger partial charge in [-0.15, -0.1) is 0 Å². The third-order valence-corrected chi connectivity index (χ3v) is 6.46. The van der Waals surface area contributed by atoms with E-state index in [-0.39, 0.29) is 16.7 Å². The lowest BCUT2D eigenvalue weighted by atomic mass is 10.0. The van der Waals surface area contributed by atoms with Crippen LogP contribution in [0.4, 0.5) is 8.78 Å². The lowest BCUT2D eigenvalue weighted by molar-refractivity contribution is 0.126. The second-order valence-corrected chi connectivity index (χ2v) is 9.43. The molecule has 1 N–H and O–H groups in total. The molecule has 0 aromatic heterocycles. The van der Waals surface area contributed by atoms with Crippen LogP contribution in [0, 0.1) is 11.6 Å². The molecule has 2 aliphatic rings. The van der Waals surface area contributed by atoms with Crippen LogP contribution >= 0.6 is 0 Å². The van der Waals surface area contributed by atoms with Crippen molar-refractivity contribution in [2.75, 3.05) is 6.26 Å². The summed E-state index contributed by atoms with van der Waals surface area (Å²) in [4.78, 5) is 0.160. The van der Waals surface area contributed by atoms with Gasteiger partial charge in [-0.3, -0.25) is 0 Å². The molecule has 4 nitrogen and oxygen atoms in total. The number of rotatable bonds is 4. The van der Waals surface area contributed by atoms with Crippen molar-refractivity contribution in [1.82, 2.24) is 5.32 Å². The van der Waals surface area contributed by atoms with Crippen molar-refractivity contribution in [2.24, 2.45) is 0 Å². The number of fused-ring (bicyclic) bond motifs is 2. The summed E-state index contributed by atoms with van der Waals surface area (Å²) in [6.07, 6.45) is 4.59. The summed E-state index contributed by atoms with van der Waals surface area (Å²) >= 11 is 0. The summed E-state index contributed by atoms with van der Waals surface area (Å²) < 4.78 is 57.9. The van der Waals surface area contributed by atoms with E-state index in [0.717, 1.165) is 31.9 Å². The molecule has 0 radical (unpaired) electrons. The van der Waals surface area contributed by atoms with Crippen LogP contribution in [-0.2, 0) is 9.84 Å². The minimum Gasteiger partial charge on any atom is -0.484 e. The van der Waals surface area contributed by atoms with Gasteiger partial charge in [-0.25, -0.2) is 17.2 Å². The molecule has 7 heteroatoms. The van der Waals surface area contributed by atoms with Crippen LogP contribution < -0.4 is 10.1 Å². The van der Waals surface area contributed by atoms with E-state index in [0.29, 0.717) is 23.2 Å². The van der Waals surface area contributed by atoms with Gasteiger partial charge in [-0.2, -0.15) is 0 Å². The van der Waals surface area contributed by atoms with Gasteiger partial charge in [0.25, 0.3) is 0 Å². The third-order valence-electron chi connectivity index (χ3n) is 5.33. The van der Waals surface area contributed by atoms with Crippen molar-refractivity contribution in [1.29, 1.82) is 0 Å². The molecule has 2 saturated heterocycles. The first-order valence-corrected chi connectivity index (χ1v) is 10.9. The van der Waals surface area contributed by atoms with Crippen LogP contribution in [0.25, 0.3) is 11.1 Å². The number of benzene rings is 2. The summed E-state index contributed by atoms with van der Waals surface area (Å²) in [6, 6.07) is 9.11. The zero-order valence-corrected chi connectivity index (χ0v) is 15.7. The molecule has 2 unspecified atom stereocenters. The average Bonchev–Trinajstić information content (AvgIpc) is 2.95. The first-order chi connectivity index (χ1) is 12.8. The lowest BCUT2D eigenvalue weighted by Gasteiger charge is -2.29. The Morgan fingerprint density at radius 2 is 1.52 bits per heavy atom. The fraction of sp³-hybridized carbons (Fsp3) is 0.400. The number of sulfone groups is 1. The van der Waals surface area contributed by atoms with E-state index in [1.165, 1.54) is 36.4 Å². The fourth-order valence-electron chi connectivity index (χ4n) is 4.00. The largest absolute Gasteiger partial charge is 0.484 e. The van der Waals surface area contributed by atoms with Gasteiger partial charge in [0.15, 0.2) is 27.2 Å². The Bertz CT molecular complexity index is 925. The molecule has 2 fully saturated rings. The van der Waals surface area contributed by atoms with Gasteiger partial charge in [-0.05, 0) is 61.1 Å². The smallest absolute Gasteiger partial charge is 0.191 e. The highest BCUT2D eigenvalue weighted by Gasteiger charge is 2.35. The maximum atomic E-state index is 14.6. The zero-order chi connectivity index (χ0) is 19.2. The maximum absolute atomic E-state index is 14.6. The standard InChI is InChI=1S/C20H21F2NO3S/c1-27(24,25)17-6-2-12(3-7-17)13-8-18(21)20(19(22)9-13)26-16-10-14-4-5-15(11-16)23-14/h2-3,6-9,14-16,23H,4-5,10-11H2,1H3. The normalized spacial score (nSPS) is 24.8. The van der Waals surface area contributed by atoms with E-state index < -0.39 is 21.5 Å². The molecular weight excluding hydrogens is 372 g/mol. The number of halogens is 2. The van der Waals surface area contributed by atoms with E-state index in [2.05, 4.69) is 5.32 Å². The molecule has 144 valence electrons. The molecule has 27 heavy (non-hydrogen) atoms. The van der Waals surface area contributed by atoms with Crippen molar-refractivity contribution in [2.45, 2.75) is 48.8 Å². The van der Waals surface area contributed by atoms with Gasteiger partial charge in [0.2, 0.25) is 0 Å². The molecule has 2 atom stereocenters. The number of ether oxygens (including phenoxy) is 1. The van der Waals surface area contributed by atoms with Crippen LogP contribution in [0.15, 0.2) is 41.3 Å². The summed E-state index contributed by atoms with van der Waals surface area (Å²) in [7, 11) is -3.32. The first-order valence-electron chi connectivity index (χ1n) is 9.02. The third kappa shape index (κ3) is 3.84. The quantitative estimate of drug-likeness (QED) is 0.861. The zero-order valence-electron chi connectivity index (χ0n) is 14.9. The van der Waals surface area contributed by atoms with Crippen LogP contribution in [0.1, 0.15) is 25.7 Å². The molecule has 2 aromatic rings. The van der Waals surface area contributed by atoms with Crippen molar-refractivity contribution in [3.63, 3.8) is 0 Å². The summed E-state index contributed by atoms with van der Waals surface area (Å²) in [5.74, 6) is -1.83. The van der Waals surface area contributed by atoms with Crippen molar-refractivity contribution < 1.29 is 21.9 Å². The second kappa shape index (κ2) is 6.87. The fourth-order valence-corrected chi connectivity index (χ4v) is 4.63. The predicted octanol–water partition coefficient (Wildman–Crippen LogP) is 3.70. The van der Waals surface area contributed by atoms with Gasteiger partial charge in [0.05, 0.1) is 4.90 Å². The van der Waals surface area contributed by atoms with E-state index in [1.807, 2.05) is 0 Å². The van der Waals surface area contributed by atoms with E-state index in [1.54, 1.807) is 0 Å². The minimum atomic E-state index is -3.32. The summed E-state index contributed by atoms with van der Waals surface area (Å²) in [6.45, 7) is 0. The van der Waals surface area contributed by atoms with Gasteiger partial charge in [0.1, 0.15) is 6.10 Å². The van der Waals surface area contributed by atoms with Crippen molar-refractivity contribution in [3.05, 3.63) is 48.0 Å². The summed E-state index contributed by atoms with van der Waals surface area (Å²) in [5, 5.41) is 3.47. The van der Waals surface area contributed by atoms with Crippen molar-refractivity contribution >= 4 is 9.84 Å². The number of hydrogen-bond acceptors (Lipinski definition) is 4. The Balaban J connectivity index is 1.56. The number of nitrogens with one attached hydrogen (secondary N) is 1. The Hall–Kier alpha value is -1.99. The van der Waals surface area contributed by atoms with Crippen LogP contribution in [0.3, 0.4) is 0 Å². The molecule has 2 bridgehead atoms. The molecule has 0 spiro atoms. The molecule has 0 aliphatic carbocycles. The highest BCUT2D eigenvalue weighted by molar-refractivity contribution is 7.90. The number of piperidine rings is 1. The highest BCUT2D eigenvalue weighted by atomic mass is 32.2. The minimum absolute atomic E-state index is 0.160. The lowest BCUT2D eigenvalue weighted by Crippen LogP contribution is -2.42. The summed E-state index contributed by atoms with van der Waals surface area (Å²) in [5.41, 5.74) is 0.870. The molecule has 0 saturated carbocycles. The topological polar surface area (TPSA) is 55.4 Å². The van der Waals surface area contributed by atoms with Crippen LogP contribution in [0.5, 0.6) is 5.75 Å². The molecule has 4 rings (SSSR count). The Labute approximate surface area is 157 Å². The van der Waals surface area contributed by atoms with E-state index in [9.17, 15) is 17.2 Å². The number of hydrogen-bond donors (Lipinski definition) is 1. The predicted molar refractivity (Wildman–Crippen MR) is 98.5 cm³/mol. The Morgan fingerprint density at radius 3 is 2.04 bits per heavy atom. The maximum Gasteiger partial charge on any atom is 0.191 e. The average molecular weight is 393 g/mol. The SMILES string of the molecule is CS(=O)(=O)c1ccc(-c2cc(F)c(OC3CC4CCC(C3)N4)c(F)c2)cc1. The van der Waals surface area contributed by atoms with E-state index in [4.69, 9.17) is 4.74 Å². The van der Waals surface area contributed by atoms with Gasteiger partial charge in [-0.1, -0.05) is 12.1 Å². The molecular formula is C20H21F2NO3S. The highest BCUT2D eigenvalue weighted by Crippen LogP contribution is 2.34. The van der Waals surface area contributed by atoms with Crippen molar-refractivity contribution in [3.8, 4) is 16.9 Å². The van der Waals surface area contributed by atoms with Crippen LogP contribution in [-0.4, -0.2) is 32.9 Å². The second-order valence-electron chi connectivity index (χ2n) is 7.41. The molecule has 0 amide bonds.